The van der Waals surface area contributed by atoms with Crippen LogP contribution in [-0.4, -0.2) is 19.9 Å². The summed E-state index contributed by atoms with van der Waals surface area (Å²) in [5.41, 5.74) is 13.6. The summed E-state index contributed by atoms with van der Waals surface area (Å²) < 4.78 is 0. The molecule has 0 aliphatic rings. The first-order chi connectivity index (χ1) is 31.0. The number of aromatic nitrogens is 4. The van der Waals surface area contributed by atoms with Gasteiger partial charge < -0.3 is 0 Å². The topological polar surface area (TPSA) is 75.3 Å². The number of rotatable bonds is 8. The highest BCUT2D eigenvalue weighted by atomic mass is 14.9. The maximum Gasteiger partial charge on any atom is 0.160 e. The maximum atomic E-state index is 9.93. The molecule has 0 atom stereocenters. The Labute approximate surface area is 370 Å². The van der Waals surface area contributed by atoms with Gasteiger partial charge >= 0.3 is 0 Å². The lowest BCUT2D eigenvalue weighted by atomic mass is 9.93. The second kappa shape index (κ2) is 20.8. The number of hydrogen-bond donors (Lipinski definition) is 0. The van der Waals surface area contributed by atoms with Gasteiger partial charge in [0.2, 0.25) is 0 Å². The summed E-state index contributed by atoms with van der Waals surface area (Å²) in [4.78, 5) is 20.6. The van der Waals surface area contributed by atoms with Gasteiger partial charge in [-0.1, -0.05) is 182 Å². The van der Waals surface area contributed by atoms with E-state index in [0.29, 0.717) is 11.4 Å². The van der Waals surface area contributed by atoms with Crippen molar-refractivity contribution in [2.45, 2.75) is 20.8 Å². The van der Waals surface area contributed by atoms with Crippen LogP contribution in [0.5, 0.6) is 0 Å². The van der Waals surface area contributed by atoms with Crippen molar-refractivity contribution in [1.82, 2.24) is 19.9 Å². The lowest BCUT2D eigenvalue weighted by Gasteiger charge is -2.16. The molecule has 0 saturated carbocycles. The number of allylic oxidation sites excluding steroid dienone is 5. The monoisotopic (exact) mass is 813 g/mol. The van der Waals surface area contributed by atoms with E-state index >= 15 is 0 Å². The molecule has 5 heteroatoms. The fraction of sp³-hybridized carbons (Fsp3) is 0.0517. The predicted octanol–water partition coefficient (Wildman–Crippen LogP) is 15.0. The summed E-state index contributed by atoms with van der Waals surface area (Å²) in [6, 6.07) is 63.5. The summed E-state index contributed by atoms with van der Waals surface area (Å²) >= 11 is 0. The first-order valence-electron chi connectivity index (χ1n) is 20.8. The van der Waals surface area contributed by atoms with Crippen LogP contribution in [0.4, 0.5) is 0 Å². The molecule has 0 unspecified atom stereocenters. The number of hydrogen-bond acceptors (Lipinski definition) is 5. The van der Waals surface area contributed by atoms with Gasteiger partial charge in [-0.3, -0.25) is 0 Å². The largest absolute Gasteiger partial charge is 0.244 e. The molecule has 5 nitrogen and oxygen atoms in total. The first kappa shape index (κ1) is 42.8. The molecule has 0 saturated heterocycles. The third kappa shape index (κ3) is 10.0. The molecule has 63 heavy (non-hydrogen) atoms. The Bertz CT molecular complexity index is 3040. The van der Waals surface area contributed by atoms with Crippen LogP contribution in [0.2, 0.25) is 0 Å². The van der Waals surface area contributed by atoms with Gasteiger partial charge in [-0.2, -0.15) is 5.26 Å². The molecule has 9 rings (SSSR count). The van der Waals surface area contributed by atoms with E-state index in [0.717, 1.165) is 89.1 Å². The van der Waals surface area contributed by atoms with Gasteiger partial charge in [0.25, 0.3) is 0 Å². The Kier molecular flexibility index (Phi) is 14.1. The van der Waals surface area contributed by atoms with Crippen molar-refractivity contribution in [3.8, 4) is 51.2 Å². The zero-order valence-electron chi connectivity index (χ0n) is 35.8. The van der Waals surface area contributed by atoms with Crippen molar-refractivity contribution in [3.63, 3.8) is 0 Å². The smallest absolute Gasteiger partial charge is 0.160 e. The number of benzene rings is 7. The number of nitrogens with zero attached hydrogens (tertiary/aromatic N) is 5. The molecule has 0 radical (unpaired) electrons. The summed E-state index contributed by atoms with van der Waals surface area (Å²) in [6.07, 6.45) is 7.79. The van der Waals surface area contributed by atoms with E-state index in [2.05, 4.69) is 111 Å². The number of fused-ring (bicyclic) bond motifs is 2. The third-order valence-electron chi connectivity index (χ3n) is 10.2. The van der Waals surface area contributed by atoms with Crippen molar-refractivity contribution in [1.29, 1.82) is 5.26 Å². The Morgan fingerprint density at radius 1 is 0.508 bits per heavy atom. The molecule has 7 aromatic carbocycles. The molecule has 9 aromatic rings. The normalized spacial score (nSPS) is 11.1. The average molecular weight is 814 g/mol. The molecule has 0 bridgehead atoms. The fourth-order valence-corrected chi connectivity index (χ4v) is 7.18. The Morgan fingerprint density at radius 3 is 1.59 bits per heavy atom. The Morgan fingerprint density at radius 2 is 1.02 bits per heavy atom. The highest BCUT2D eigenvalue weighted by Crippen LogP contribution is 2.37. The molecule has 2 aromatic heterocycles. The van der Waals surface area contributed by atoms with Gasteiger partial charge in [-0.25, -0.2) is 19.9 Å². The minimum absolute atomic E-state index is 0.625. The lowest BCUT2D eigenvalue weighted by molar-refractivity contribution is 1.18. The summed E-state index contributed by atoms with van der Waals surface area (Å²) in [5.74, 6) is 0.674. The van der Waals surface area contributed by atoms with Gasteiger partial charge in [0.05, 0.1) is 45.4 Å². The number of para-hydroxylation sites is 2. The average Bonchev–Trinajstić information content (AvgIpc) is 3.34. The zero-order valence-corrected chi connectivity index (χ0v) is 35.8. The number of nitriles is 1. The molecule has 0 aliphatic carbocycles. The Hall–Kier alpha value is -8.33. The van der Waals surface area contributed by atoms with Crippen molar-refractivity contribution in [3.05, 3.63) is 242 Å². The quantitative estimate of drug-likeness (QED) is 0.113. The second-order valence-corrected chi connectivity index (χ2v) is 14.6. The van der Waals surface area contributed by atoms with Crippen molar-refractivity contribution in [2.24, 2.45) is 0 Å². The molecule has 304 valence electrons. The molecule has 0 spiro atoms. The lowest BCUT2D eigenvalue weighted by Crippen LogP contribution is -2.01. The van der Waals surface area contributed by atoms with Crippen LogP contribution < -0.4 is 0 Å². The summed E-state index contributed by atoms with van der Waals surface area (Å²) in [6.45, 7) is 12.6. The molecule has 0 aliphatic heterocycles. The third-order valence-corrected chi connectivity index (χ3v) is 10.2. The highest BCUT2D eigenvalue weighted by molar-refractivity contribution is 6.02. The summed E-state index contributed by atoms with van der Waals surface area (Å²) in [7, 11) is 0. The van der Waals surface area contributed by atoms with Crippen LogP contribution in [0.25, 0.3) is 78.1 Å². The van der Waals surface area contributed by atoms with Crippen LogP contribution in [0.15, 0.2) is 219 Å². The molecular weight excluding hydrogens is 767 g/mol. The minimum atomic E-state index is 0.625. The van der Waals surface area contributed by atoms with E-state index in [1.165, 1.54) is 0 Å². The molecular formula is C58H47N5. The van der Waals surface area contributed by atoms with Gasteiger partial charge in [-0.15, -0.1) is 13.2 Å². The van der Waals surface area contributed by atoms with E-state index in [-0.39, 0.29) is 0 Å². The van der Waals surface area contributed by atoms with E-state index in [1.807, 2.05) is 123 Å². The highest BCUT2D eigenvalue weighted by Gasteiger charge is 2.19. The van der Waals surface area contributed by atoms with Crippen LogP contribution in [0.3, 0.4) is 0 Å². The molecule has 0 amide bonds. The maximum absolute atomic E-state index is 9.93. The Balaban J connectivity index is 0.000000940. The molecule has 0 N–H and O–H groups in total. The van der Waals surface area contributed by atoms with E-state index in [1.54, 1.807) is 12.2 Å². The standard InChI is InChI=1S/C52H35N5.2C3H6/c1-35(36-26-28-40(29-27-36)52-56-48(38-17-7-3-8-18-38)33-49(57-52)39-19-9-4-10-20-39)25-31-43(37-15-5-2-6-16-37)50-51(55-47-24-14-13-23-46(47)54-50)45-32-30-41(34-53)42-21-11-12-22-44(42)45;2*1-3-2/h2-33H,1H3;2*3H,1H2,2H3/b35-25+,43-31+;;. The van der Waals surface area contributed by atoms with Crippen molar-refractivity contribution in [2.75, 3.05) is 0 Å². The van der Waals surface area contributed by atoms with E-state index < -0.39 is 0 Å². The van der Waals surface area contributed by atoms with Gasteiger partial charge in [0.1, 0.15) is 0 Å². The van der Waals surface area contributed by atoms with Crippen LogP contribution in [0, 0.1) is 11.3 Å². The van der Waals surface area contributed by atoms with E-state index in [4.69, 9.17) is 19.9 Å². The van der Waals surface area contributed by atoms with Gasteiger partial charge in [-0.05, 0) is 67.1 Å². The van der Waals surface area contributed by atoms with Crippen LogP contribution in [0.1, 0.15) is 43.2 Å². The van der Waals surface area contributed by atoms with Gasteiger partial charge in [0.15, 0.2) is 5.82 Å². The predicted molar refractivity (Wildman–Crippen MR) is 264 cm³/mol. The molecule has 0 fully saturated rings. The van der Waals surface area contributed by atoms with Crippen LogP contribution in [-0.2, 0) is 0 Å². The van der Waals surface area contributed by atoms with Crippen LogP contribution >= 0.6 is 0 Å². The SMILES string of the molecule is C/C(=C\C=C(/c1ccccc1)c1nc2ccccc2nc1-c1ccc(C#N)c2ccccc12)c1ccc(-c2nc(-c3ccccc3)cc(-c3ccccc3)n2)cc1.C=CC.C=CC. The van der Waals surface area contributed by atoms with Crippen molar-refractivity contribution < 1.29 is 0 Å². The summed E-state index contributed by atoms with van der Waals surface area (Å²) in [5, 5.41) is 11.8. The first-order valence-corrected chi connectivity index (χ1v) is 20.8. The van der Waals surface area contributed by atoms with Gasteiger partial charge in [0, 0.05) is 33.2 Å². The van der Waals surface area contributed by atoms with E-state index in [9.17, 15) is 5.26 Å². The van der Waals surface area contributed by atoms with Crippen molar-refractivity contribution >= 4 is 33.0 Å². The fourth-order valence-electron chi connectivity index (χ4n) is 7.18. The minimum Gasteiger partial charge on any atom is -0.244 e. The second-order valence-electron chi connectivity index (χ2n) is 14.6. The molecule has 2 heterocycles. The zero-order chi connectivity index (χ0) is 44.0.